The van der Waals surface area contributed by atoms with E-state index in [0.29, 0.717) is 5.75 Å². The van der Waals surface area contributed by atoms with E-state index in [0.717, 1.165) is 16.8 Å². The molecule has 22 heavy (non-hydrogen) atoms. The second-order valence-electron chi connectivity index (χ2n) is 4.86. The topological polar surface area (TPSA) is 35.2 Å². The summed E-state index contributed by atoms with van der Waals surface area (Å²) in [5.41, 5.74) is 4.59. The van der Waals surface area contributed by atoms with Gasteiger partial charge >= 0.3 is 6.18 Å². The predicted molar refractivity (Wildman–Crippen MR) is 79.9 cm³/mol. The molecule has 0 aliphatic carbocycles. The van der Waals surface area contributed by atoms with Crippen molar-refractivity contribution in [2.75, 3.05) is 5.73 Å². The largest absolute Gasteiger partial charge is 0.457 e. The van der Waals surface area contributed by atoms with Gasteiger partial charge in [-0.3, -0.25) is 0 Å². The molecule has 3 rings (SSSR count). The number of fused-ring (bicyclic) bond motifs is 1. The first-order valence-electron chi connectivity index (χ1n) is 6.57. The monoisotopic (exact) mass is 303 g/mol. The summed E-state index contributed by atoms with van der Waals surface area (Å²) in [6.07, 6.45) is -4.53. The number of hydrogen-bond acceptors (Lipinski definition) is 2. The van der Waals surface area contributed by atoms with Gasteiger partial charge < -0.3 is 10.5 Å². The van der Waals surface area contributed by atoms with Gasteiger partial charge in [0.05, 0.1) is 0 Å². The molecule has 0 unspecified atom stereocenters. The Morgan fingerprint density at radius 2 is 1.55 bits per heavy atom. The van der Waals surface area contributed by atoms with Gasteiger partial charge in [0, 0.05) is 5.69 Å². The van der Waals surface area contributed by atoms with Crippen molar-refractivity contribution in [1.82, 2.24) is 0 Å². The lowest BCUT2D eigenvalue weighted by Gasteiger charge is -2.14. The van der Waals surface area contributed by atoms with Crippen molar-refractivity contribution >= 4 is 16.5 Å². The van der Waals surface area contributed by atoms with Crippen LogP contribution in [0.5, 0.6) is 11.5 Å². The van der Waals surface area contributed by atoms with E-state index in [1.165, 1.54) is 12.1 Å². The molecule has 3 aromatic carbocycles. The second-order valence-corrected chi connectivity index (χ2v) is 4.86. The van der Waals surface area contributed by atoms with Crippen LogP contribution in [0.15, 0.2) is 60.7 Å². The second kappa shape index (κ2) is 5.26. The van der Waals surface area contributed by atoms with Crippen molar-refractivity contribution in [1.29, 1.82) is 0 Å². The summed E-state index contributed by atoms with van der Waals surface area (Å²) in [5.74, 6) is 0.0750. The fourth-order valence-electron chi connectivity index (χ4n) is 2.22. The van der Waals surface area contributed by atoms with Gasteiger partial charge in [-0.05, 0) is 41.1 Å². The minimum atomic E-state index is -4.53. The van der Waals surface area contributed by atoms with Crippen molar-refractivity contribution in [3.8, 4) is 11.5 Å². The zero-order valence-electron chi connectivity index (χ0n) is 11.4. The van der Waals surface area contributed by atoms with Crippen LogP contribution in [0.1, 0.15) is 5.56 Å². The molecule has 5 heteroatoms. The number of alkyl halides is 3. The van der Waals surface area contributed by atoms with Crippen molar-refractivity contribution in [2.45, 2.75) is 6.18 Å². The first-order chi connectivity index (χ1) is 10.4. The van der Waals surface area contributed by atoms with Gasteiger partial charge in [-0.25, -0.2) is 0 Å². The molecule has 2 nitrogen and oxygen atoms in total. The Morgan fingerprint density at radius 3 is 2.27 bits per heavy atom. The Hall–Kier alpha value is -2.69. The number of nitrogen functional groups attached to an aromatic ring is 1. The van der Waals surface area contributed by atoms with Crippen LogP contribution in [-0.2, 0) is 6.18 Å². The average Bonchev–Trinajstić information content (AvgIpc) is 2.48. The molecule has 0 atom stereocenters. The number of halogens is 3. The number of nitrogens with two attached hydrogens (primary N) is 1. The molecule has 0 bridgehead atoms. The summed E-state index contributed by atoms with van der Waals surface area (Å²) in [5, 5.41) is 1.88. The van der Waals surface area contributed by atoms with Gasteiger partial charge in [0.15, 0.2) is 0 Å². The highest BCUT2D eigenvalue weighted by Gasteiger charge is 2.34. The summed E-state index contributed by atoms with van der Waals surface area (Å²) < 4.78 is 44.6. The first kappa shape index (κ1) is 14.3. The highest BCUT2D eigenvalue weighted by molar-refractivity contribution is 5.83. The molecule has 0 radical (unpaired) electrons. The van der Waals surface area contributed by atoms with Gasteiger partial charge in [0.2, 0.25) is 0 Å². The molecule has 0 saturated heterocycles. The van der Waals surface area contributed by atoms with Crippen LogP contribution in [0, 0.1) is 0 Å². The van der Waals surface area contributed by atoms with E-state index in [-0.39, 0.29) is 11.4 Å². The molecular weight excluding hydrogens is 291 g/mol. The molecule has 0 aromatic heterocycles. The third-order valence-electron chi connectivity index (χ3n) is 3.26. The van der Waals surface area contributed by atoms with Crippen LogP contribution >= 0.6 is 0 Å². The molecule has 0 fully saturated rings. The molecule has 0 aliphatic rings. The molecule has 112 valence electrons. The molecule has 3 aromatic rings. The third kappa shape index (κ3) is 2.83. The normalized spacial score (nSPS) is 11.6. The first-order valence-corrected chi connectivity index (χ1v) is 6.57. The molecule has 2 N–H and O–H groups in total. The van der Waals surface area contributed by atoms with Crippen LogP contribution in [0.25, 0.3) is 10.8 Å². The zero-order valence-corrected chi connectivity index (χ0v) is 11.4. The molecule has 0 aliphatic heterocycles. The lowest BCUT2D eigenvalue weighted by molar-refractivity contribution is -0.138. The van der Waals surface area contributed by atoms with E-state index in [1.807, 2.05) is 24.3 Å². The smallest absolute Gasteiger partial charge is 0.420 e. The fraction of sp³-hybridized carbons (Fsp3) is 0.0588. The SMILES string of the molecule is Nc1ccc(Oc2ccc3ccccc3c2)c(C(F)(F)F)c1. The minimum Gasteiger partial charge on any atom is -0.457 e. The van der Waals surface area contributed by atoms with Gasteiger partial charge in [-0.1, -0.05) is 30.3 Å². The number of benzene rings is 3. The Morgan fingerprint density at radius 1 is 0.818 bits per heavy atom. The van der Waals surface area contributed by atoms with Gasteiger partial charge in [0.25, 0.3) is 0 Å². The Balaban J connectivity index is 2.01. The van der Waals surface area contributed by atoms with Crippen molar-refractivity contribution in [2.24, 2.45) is 0 Å². The number of anilines is 1. The maximum atomic E-state index is 13.0. The van der Waals surface area contributed by atoms with E-state index in [4.69, 9.17) is 10.5 Å². The lowest BCUT2D eigenvalue weighted by atomic mass is 10.1. The third-order valence-corrected chi connectivity index (χ3v) is 3.26. The quantitative estimate of drug-likeness (QED) is 0.658. The van der Waals surface area contributed by atoms with Gasteiger partial charge in [-0.15, -0.1) is 0 Å². The van der Waals surface area contributed by atoms with Crippen LogP contribution in [0.3, 0.4) is 0 Å². The number of rotatable bonds is 2. The summed E-state index contributed by atoms with van der Waals surface area (Å²) in [7, 11) is 0. The zero-order chi connectivity index (χ0) is 15.7. The highest BCUT2D eigenvalue weighted by Crippen LogP contribution is 2.39. The lowest BCUT2D eigenvalue weighted by Crippen LogP contribution is -2.08. The number of hydrogen-bond donors (Lipinski definition) is 1. The maximum Gasteiger partial charge on any atom is 0.420 e. The summed E-state index contributed by atoms with van der Waals surface area (Å²) in [4.78, 5) is 0. The van der Waals surface area contributed by atoms with Crippen molar-refractivity contribution < 1.29 is 17.9 Å². The Bertz CT molecular complexity index is 827. The Labute approximate surface area is 124 Å². The predicted octanol–water partition coefficient (Wildman–Crippen LogP) is 5.23. The van der Waals surface area contributed by atoms with Crippen LogP contribution in [-0.4, -0.2) is 0 Å². The highest BCUT2D eigenvalue weighted by atomic mass is 19.4. The van der Waals surface area contributed by atoms with E-state index in [1.54, 1.807) is 18.2 Å². The van der Waals surface area contributed by atoms with Crippen molar-refractivity contribution in [3.05, 3.63) is 66.2 Å². The van der Waals surface area contributed by atoms with E-state index in [2.05, 4.69) is 0 Å². The molecule has 0 heterocycles. The van der Waals surface area contributed by atoms with Crippen LogP contribution < -0.4 is 10.5 Å². The summed E-state index contributed by atoms with van der Waals surface area (Å²) in [6.45, 7) is 0. The van der Waals surface area contributed by atoms with E-state index < -0.39 is 11.7 Å². The average molecular weight is 303 g/mol. The number of ether oxygens (including phenoxy) is 1. The van der Waals surface area contributed by atoms with Crippen LogP contribution in [0.4, 0.5) is 18.9 Å². The van der Waals surface area contributed by atoms with E-state index in [9.17, 15) is 13.2 Å². The van der Waals surface area contributed by atoms with Crippen LogP contribution in [0.2, 0.25) is 0 Å². The maximum absolute atomic E-state index is 13.0. The molecule has 0 saturated carbocycles. The molecule has 0 spiro atoms. The Kier molecular flexibility index (Phi) is 3.41. The molecule has 0 amide bonds. The van der Waals surface area contributed by atoms with Gasteiger partial charge in [-0.2, -0.15) is 13.2 Å². The fourth-order valence-corrected chi connectivity index (χ4v) is 2.22. The molecular formula is C17H12F3NO. The van der Waals surface area contributed by atoms with Crippen molar-refractivity contribution in [3.63, 3.8) is 0 Å². The van der Waals surface area contributed by atoms with E-state index >= 15 is 0 Å². The summed E-state index contributed by atoms with van der Waals surface area (Å²) >= 11 is 0. The van der Waals surface area contributed by atoms with Gasteiger partial charge in [0.1, 0.15) is 17.1 Å². The minimum absolute atomic E-state index is 0.0400. The standard InChI is InChI=1S/C17H12F3NO/c18-17(19,20)15-10-13(21)6-8-16(15)22-14-7-5-11-3-1-2-4-12(11)9-14/h1-10H,21H2. The summed E-state index contributed by atoms with van der Waals surface area (Å²) in [6, 6.07) is 16.2.